The first kappa shape index (κ1) is 23.2. The third kappa shape index (κ3) is 6.28. The van der Waals surface area contributed by atoms with E-state index in [4.69, 9.17) is 4.74 Å². The van der Waals surface area contributed by atoms with Gasteiger partial charge in [-0.15, -0.1) is 0 Å². The average Bonchev–Trinajstić information content (AvgIpc) is 3.11. The minimum Gasteiger partial charge on any atom is -0.508 e. The molecule has 1 fully saturated rings. The highest BCUT2D eigenvalue weighted by molar-refractivity contribution is 5.77. The second-order valence-electron chi connectivity index (χ2n) is 8.87. The lowest BCUT2D eigenvalue weighted by atomic mass is 9.88. The average molecular weight is 429 g/mol. The smallest absolute Gasteiger partial charge is 0.248 e. The predicted molar refractivity (Wildman–Crippen MR) is 119 cm³/mol. The molecule has 1 aliphatic rings. The summed E-state index contributed by atoms with van der Waals surface area (Å²) in [5.74, 6) is 0.620. The number of carbonyl (C=O) groups excluding carboxylic acids is 1. The van der Waals surface area contributed by atoms with Crippen LogP contribution < -0.4 is 0 Å². The van der Waals surface area contributed by atoms with Gasteiger partial charge >= 0.3 is 0 Å². The second-order valence-corrected chi connectivity index (χ2v) is 8.87. The fraction of sp³-hybridized carbons (Fsp3) is 0.480. The number of para-hydroxylation sites is 1. The monoisotopic (exact) mass is 428 g/mol. The summed E-state index contributed by atoms with van der Waals surface area (Å²) in [4.78, 5) is 16.8. The molecule has 1 N–H and O–H groups in total. The zero-order valence-electron chi connectivity index (χ0n) is 18.6. The van der Waals surface area contributed by atoms with Gasteiger partial charge in [-0.1, -0.05) is 44.2 Å². The van der Waals surface area contributed by atoms with E-state index in [9.17, 15) is 14.3 Å². The van der Waals surface area contributed by atoms with Gasteiger partial charge in [-0.3, -0.25) is 9.69 Å². The summed E-state index contributed by atoms with van der Waals surface area (Å²) in [6, 6.07) is 14.1. The Morgan fingerprint density at radius 3 is 2.68 bits per heavy atom. The number of nitrogens with zero attached hydrogens (tertiary/aromatic N) is 2. The number of benzene rings is 2. The van der Waals surface area contributed by atoms with Crippen molar-refractivity contribution in [3.63, 3.8) is 0 Å². The van der Waals surface area contributed by atoms with Gasteiger partial charge in [0.05, 0.1) is 0 Å². The molecular weight excluding hydrogens is 395 g/mol. The van der Waals surface area contributed by atoms with Crippen molar-refractivity contribution in [2.24, 2.45) is 11.8 Å². The molecule has 0 bridgehead atoms. The van der Waals surface area contributed by atoms with E-state index in [-0.39, 0.29) is 35.9 Å². The largest absolute Gasteiger partial charge is 0.508 e. The lowest BCUT2D eigenvalue weighted by Crippen LogP contribution is -2.41. The molecule has 2 atom stereocenters. The van der Waals surface area contributed by atoms with E-state index in [1.54, 1.807) is 18.2 Å². The van der Waals surface area contributed by atoms with Crippen LogP contribution in [0.15, 0.2) is 48.5 Å². The van der Waals surface area contributed by atoms with E-state index < -0.39 is 0 Å². The lowest BCUT2D eigenvalue weighted by molar-refractivity contribution is -0.136. The van der Waals surface area contributed by atoms with Crippen molar-refractivity contribution in [1.82, 2.24) is 9.80 Å². The Morgan fingerprint density at radius 1 is 1.23 bits per heavy atom. The van der Waals surface area contributed by atoms with Gasteiger partial charge in [0.25, 0.3) is 0 Å². The van der Waals surface area contributed by atoms with Gasteiger partial charge in [-0.05, 0) is 35.6 Å². The molecule has 0 saturated carbocycles. The molecule has 1 amide bonds. The number of phenols is 1. The summed E-state index contributed by atoms with van der Waals surface area (Å²) in [6.45, 7) is 7.64. The highest BCUT2D eigenvalue weighted by Gasteiger charge is 2.36. The molecule has 3 rings (SSSR count). The Bertz CT molecular complexity index is 873. The van der Waals surface area contributed by atoms with Crippen LogP contribution in [0, 0.1) is 17.7 Å². The topological polar surface area (TPSA) is 53.0 Å². The number of hydrogen-bond acceptors (Lipinski definition) is 4. The first-order valence-electron chi connectivity index (χ1n) is 10.9. The molecule has 2 aromatic rings. The number of ether oxygens (including phenoxy) is 1. The quantitative estimate of drug-likeness (QED) is 0.659. The van der Waals surface area contributed by atoms with E-state index in [1.165, 1.54) is 13.2 Å². The van der Waals surface area contributed by atoms with E-state index in [2.05, 4.69) is 18.7 Å². The molecular formula is C25H33FN2O3. The maximum absolute atomic E-state index is 14.0. The van der Waals surface area contributed by atoms with Crippen LogP contribution in [0.3, 0.4) is 0 Å². The van der Waals surface area contributed by atoms with Crippen molar-refractivity contribution in [2.75, 3.05) is 39.9 Å². The molecule has 168 valence electrons. The Hall–Kier alpha value is -2.44. The summed E-state index contributed by atoms with van der Waals surface area (Å²) in [6.07, 6.45) is 0. The molecule has 2 unspecified atom stereocenters. The van der Waals surface area contributed by atoms with Gasteiger partial charge in [0, 0.05) is 51.3 Å². The molecule has 1 aliphatic heterocycles. The molecule has 0 aliphatic carbocycles. The van der Waals surface area contributed by atoms with Gasteiger partial charge < -0.3 is 14.7 Å². The maximum Gasteiger partial charge on any atom is 0.248 e. The highest BCUT2D eigenvalue weighted by atomic mass is 19.1. The molecule has 1 saturated heterocycles. The van der Waals surface area contributed by atoms with Crippen LogP contribution in [0.2, 0.25) is 0 Å². The first-order valence-corrected chi connectivity index (χ1v) is 10.9. The molecule has 31 heavy (non-hydrogen) atoms. The SMILES string of the molecule is COCC(=O)N(CC(C)C)CC1CN(Cc2ccccc2O)CC1c1cccc(F)c1. The standard InChI is InChI=1S/C25H33FN2O3/c1-18(2)12-28(25(30)17-31-3)15-21-14-27(13-20-7-4-5-10-24(20)29)16-23(21)19-8-6-9-22(26)11-19/h4-11,18,21,23,29H,12-17H2,1-3H3. The van der Waals surface area contributed by atoms with Crippen molar-refractivity contribution < 1.29 is 19.0 Å². The summed E-state index contributed by atoms with van der Waals surface area (Å²) >= 11 is 0. The van der Waals surface area contributed by atoms with Crippen LogP contribution in [0.5, 0.6) is 5.75 Å². The third-order valence-corrected chi connectivity index (χ3v) is 5.84. The van der Waals surface area contributed by atoms with Crippen LogP contribution in [-0.2, 0) is 16.1 Å². The zero-order chi connectivity index (χ0) is 22.4. The fourth-order valence-electron chi connectivity index (χ4n) is 4.49. The summed E-state index contributed by atoms with van der Waals surface area (Å²) in [7, 11) is 1.53. The van der Waals surface area contributed by atoms with Crippen molar-refractivity contribution in [3.8, 4) is 5.75 Å². The summed E-state index contributed by atoms with van der Waals surface area (Å²) in [5.41, 5.74) is 1.82. The maximum atomic E-state index is 14.0. The van der Waals surface area contributed by atoms with Crippen molar-refractivity contribution >= 4 is 5.91 Å². The Morgan fingerprint density at radius 2 is 2.00 bits per heavy atom. The molecule has 0 spiro atoms. The minimum atomic E-state index is -0.245. The number of methoxy groups -OCH3 is 1. The van der Waals surface area contributed by atoms with Gasteiger partial charge in [-0.25, -0.2) is 4.39 Å². The molecule has 6 heteroatoms. The lowest BCUT2D eigenvalue weighted by Gasteiger charge is -2.30. The fourth-order valence-corrected chi connectivity index (χ4v) is 4.49. The number of phenolic OH excluding ortho intramolecular Hbond substituents is 1. The van der Waals surface area contributed by atoms with Crippen molar-refractivity contribution in [2.45, 2.75) is 26.3 Å². The summed E-state index contributed by atoms with van der Waals surface area (Å²) in [5, 5.41) is 10.2. The molecule has 0 aromatic heterocycles. The summed E-state index contributed by atoms with van der Waals surface area (Å²) < 4.78 is 19.1. The number of aromatic hydroxyl groups is 1. The van der Waals surface area contributed by atoms with E-state index in [0.29, 0.717) is 25.6 Å². The van der Waals surface area contributed by atoms with Gasteiger partial charge in [0.2, 0.25) is 5.91 Å². The Labute approximate surface area is 184 Å². The minimum absolute atomic E-state index is 0.0200. The van der Waals surface area contributed by atoms with Crippen LogP contribution >= 0.6 is 0 Å². The van der Waals surface area contributed by atoms with E-state index >= 15 is 0 Å². The van der Waals surface area contributed by atoms with Crippen molar-refractivity contribution in [1.29, 1.82) is 0 Å². The number of carbonyl (C=O) groups is 1. The Balaban J connectivity index is 1.82. The number of rotatable bonds is 9. The number of amides is 1. The zero-order valence-corrected chi connectivity index (χ0v) is 18.6. The van der Waals surface area contributed by atoms with Crippen LogP contribution in [0.25, 0.3) is 0 Å². The molecule has 1 heterocycles. The van der Waals surface area contributed by atoms with Gasteiger partial charge in [0.1, 0.15) is 18.2 Å². The second kappa shape index (κ2) is 10.7. The van der Waals surface area contributed by atoms with Gasteiger partial charge in [0.15, 0.2) is 0 Å². The number of hydrogen-bond donors (Lipinski definition) is 1. The number of halogens is 1. The van der Waals surface area contributed by atoms with Gasteiger partial charge in [-0.2, -0.15) is 0 Å². The van der Waals surface area contributed by atoms with E-state index in [1.807, 2.05) is 29.2 Å². The highest BCUT2D eigenvalue weighted by Crippen LogP contribution is 2.35. The van der Waals surface area contributed by atoms with Crippen LogP contribution in [-0.4, -0.2) is 60.7 Å². The first-order chi connectivity index (χ1) is 14.9. The van der Waals surface area contributed by atoms with Crippen LogP contribution in [0.1, 0.15) is 30.9 Å². The molecule has 5 nitrogen and oxygen atoms in total. The molecule has 2 aromatic carbocycles. The normalized spacial score (nSPS) is 19.1. The van der Waals surface area contributed by atoms with E-state index in [0.717, 1.165) is 24.2 Å². The molecule has 0 radical (unpaired) electrons. The van der Waals surface area contributed by atoms with Crippen molar-refractivity contribution in [3.05, 3.63) is 65.5 Å². The Kier molecular flexibility index (Phi) is 8.04. The number of likely N-dealkylation sites (tertiary alicyclic amines) is 1. The third-order valence-electron chi connectivity index (χ3n) is 5.84. The predicted octanol–water partition coefficient (Wildman–Crippen LogP) is 3.88. The van der Waals surface area contributed by atoms with Crippen LogP contribution in [0.4, 0.5) is 4.39 Å².